The van der Waals surface area contributed by atoms with Crippen LogP contribution >= 0.6 is 0 Å². The van der Waals surface area contributed by atoms with Gasteiger partial charge in [0.25, 0.3) is 0 Å². The van der Waals surface area contributed by atoms with E-state index >= 15 is 0 Å². The molecular weight excluding hydrogens is 256 g/mol. The highest BCUT2D eigenvalue weighted by Crippen LogP contribution is 2.28. The summed E-state index contributed by atoms with van der Waals surface area (Å²) in [4.78, 5) is 0. The molecule has 0 amide bonds. The fourth-order valence-corrected chi connectivity index (χ4v) is 2.08. The summed E-state index contributed by atoms with van der Waals surface area (Å²) in [5, 5.41) is 8.99. The van der Waals surface area contributed by atoms with Crippen LogP contribution in [0, 0.1) is 0 Å². The van der Waals surface area contributed by atoms with Crippen molar-refractivity contribution < 1.29 is 23.0 Å². The summed E-state index contributed by atoms with van der Waals surface area (Å²) < 4.78 is 32.5. The fourth-order valence-electron chi connectivity index (χ4n) is 1.43. The maximum Gasteiger partial charge on any atom is 0.161 e. The quantitative estimate of drug-likeness (QED) is 0.751. The Morgan fingerprint density at radius 3 is 2.56 bits per heavy atom. The number of rotatable bonds is 7. The van der Waals surface area contributed by atoms with Gasteiger partial charge in [-0.25, -0.2) is 8.42 Å². The van der Waals surface area contributed by atoms with Gasteiger partial charge in [0.2, 0.25) is 0 Å². The number of aliphatic hydroxyl groups is 1. The van der Waals surface area contributed by atoms with E-state index in [1.165, 1.54) is 13.4 Å². The van der Waals surface area contributed by atoms with E-state index in [1.54, 1.807) is 18.2 Å². The molecule has 0 aliphatic heterocycles. The molecule has 0 aromatic heterocycles. The van der Waals surface area contributed by atoms with Crippen LogP contribution in [-0.4, -0.2) is 39.2 Å². The van der Waals surface area contributed by atoms with Crippen LogP contribution in [0.3, 0.4) is 0 Å². The lowest BCUT2D eigenvalue weighted by molar-refractivity contribution is 0.277. The molecule has 0 heterocycles. The van der Waals surface area contributed by atoms with Gasteiger partial charge >= 0.3 is 0 Å². The molecule has 18 heavy (non-hydrogen) atoms. The smallest absolute Gasteiger partial charge is 0.161 e. The molecule has 0 aliphatic carbocycles. The van der Waals surface area contributed by atoms with Gasteiger partial charge in [0.15, 0.2) is 11.5 Å². The van der Waals surface area contributed by atoms with Crippen molar-refractivity contribution in [2.75, 3.05) is 25.7 Å². The van der Waals surface area contributed by atoms with Gasteiger partial charge in [0, 0.05) is 6.26 Å². The summed E-state index contributed by atoms with van der Waals surface area (Å²) in [6.07, 6.45) is 1.63. The Labute approximate surface area is 107 Å². The molecule has 0 radical (unpaired) electrons. The van der Waals surface area contributed by atoms with Gasteiger partial charge in [-0.15, -0.1) is 0 Å². The molecule has 0 unspecified atom stereocenters. The zero-order chi connectivity index (χ0) is 13.6. The second-order valence-electron chi connectivity index (χ2n) is 3.98. The van der Waals surface area contributed by atoms with Crippen molar-refractivity contribution in [3.05, 3.63) is 23.8 Å². The highest BCUT2D eigenvalue weighted by molar-refractivity contribution is 7.90. The molecule has 1 rings (SSSR count). The summed E-state index contributed by atoms with van der Waals surface area (Å²) in [6.45, 7) is 0.243. The lowest BCUT2D eigenvalue weighted by atomic mass is 10.2. The zero-order valence-corrected chi connectivity index (χ0v) is 11.4. The van der Waals surface area contributed by atoms with Gasteiger partial charge in [-0.05, 0) is 24.1 Å². The predicted octanol–water partition coefficient (Wildman–Crippen LogP) is 1.00. The summed E-state index contributed by atoms with van der Waals surface area (Å²) in [5.74, 6) is 1.17. The van der Waals surface area contributed by atoms with Gasteiger partial charge < -0.3 is 14.6 Å². The van der Waals surface area contributed by atoms with E-state index in [2.05, 4.69) is 0 Å². The van der Waals surface area contributed by atoms with Crippen molar-refractivity contribution in [3.63, 3.8) is 0 Å². The monoisotopic (exact) mass is 274 g/mol. The van der Waals surface area contributed by atoms with E-state index in [1.807, 2.05) is 0 Å². The van der Waals surface area contributed by atoms with E-state index in [4.69, 9.17) is 14.6 Å². The molecule has 0 saturated heterocycles. The highest BCUT2D eigenvalue weighted by Gasteiger charge is 2.06. The second kappa shape index (κ2) is 6.61. The van der Waals surface area contributed by atoms with E-state index in [0.717, 1.165) is 5.56 Å². The van der Waals surface area contributed by atoms with Gasteiger partial charge in [0.1, 0.15) is 9.84 Å². The van der Waals surface area contributed by atoms with E-state index in [-0.39, 0.29) is 12.4 Å². The molecule has 1 aromatic rings. The van der Waals surface area contributed by atoms with Gasteiger partial charge in [-0.2, -0.15) is 0 Å². The molecule has 0 bridgehead atoms. The SMILES string of the molecule is COc1cc(CO)ccc1OCCCS(C)(=O)=O. The predicted molar refractivity (Wildman–Crippen MR) is 68.7 cm³/mol. The van der Waals surface area contributed by atoms with Crippen LogP contribution in [0.2, 0.25) is 0 Å². The van der Waals surface area contributed by atoms with Gasteiger partial charge in [-0.3, -0.25) is 0 Å². The number of methoxy groups -OCH3 is 1. The van der Waals surface area contributed by atoms with Crippen LogP contribution < -0.4 is 9.47 Å². The molecule has 5 nitrogen and oxygen atoms in total. The average Bonchev–Trinajstić information content (AvgIpc) is 2.33. The average molecular weight is 274 g/mol. The van der Waals surface area contributed by atoms with Crippen LogP contribution in [0.5, 0.6) is 11.5 Å². The molecule has 0 saturated carbocycles. The second-order valence-corrected chi connectivity index (χ2v) is 6.23. The first-order valence-electron chi connectivity index (χ1n) is 5.54. The number of ether oxygens (including phenoxy) is 2. The van der Waals surface area contributed by atoms with E-state index in [9.17, 15) is 8.42 Å². The first-order valence-corrected chi connectivity index (χ1v) is 7.60. The third-order valence-corrected chi connectivity index (χ3v) is 3.36. The summed E-state index contributed by atoms with van der Waals surface area (Å²) >= 11 is 0. The molecule has 0 atom stereocenters. The Morgan fingerprint density at radius 1 is 1.28 bits per heavy atom. The molecule has 0 spiro atoms. The fraction of sp³-hybridized carbons (Fsp3) is 0.500. The maximum atomic E-state index is 10.9. The Kier molecular flexibility index (Phi) is 5.43. The zero-order valence-electron chi connectivity index (χ0n) is 10.5. The number of hydrogen-bond acceptors (Lipinski definition) is 5. The van der Waals surface area contributed by atoms with Crippen molar-refractivity contribution in [2.45, 2.75) is 13.0 Å². The van der Waals surface area contributed by atoms with Crippen LogP contribution in [0.15, 0.2) is 18.2 Å². The van der Waals surface area contributed by atoms with Crippen molar-refractivity contribution in [3.8, 4) is 11.5 Å². The highest BCUT2D eigenvalue weighted by atomic mass is 32.2. The Hall–Kier alpha value is -1.27. The Morgan fingerprint density at radius 2 is 2.00 bits per heavy atom. The third-order valence-electron chi connectivity index (χ3n) is 2.33. The van der Waals surface area contributed by atoms with Crippen molar-refractivity contribution in [2.24, 2.45) is 0 Å². The summed E-state index contributed by atoms with van der Waals surface area (Å²) in [5.41, 5.74) is 0.732. The van der Waals surface area contributed by atoms with Crippen molar-refractivity contribution >= 4 is 9.84 Å². The minimum atomic E-state index is -2.95. The van der Waals surface area contributed by atoms with Crippen molar-refractivity contribution in [1.29, 1.82) is 0 Å². The molecule has 102 valence electrons. The minimum absolute atomic E-state index is 0.0648. The van der Waals surface area contributed by atoms with E-state index in [0.29, 0.717) is 24.5 Å². The number of hydrogen-bond donors (Lipinski definition) is 1. The Balaban J connectivity index is 2.56. The van der Waals surface area contributed by atoms with E-state index < -0.39 is 9.84 Å². The topological polar surface area (TPSA) is 72.8 Å². The maximum absolute atomic E-state index is 10.9. The normalized spacial score (nSPS) is 11.3. The molecule has 0 aliphatic rings. The lowest BCUT2D eigenvalue weighted by Crippen LogP contribution is -2.08. The largest absolute Gasteiger partial charge is 0.493 e. The molecule has 1 N–H and O–H groups in total. The lowest BCUT2D eigenvalue weighted by Gasteiger charge is -2.11. The van der Waals surface area contributed by atoms with Crippen LogP contribution in [0.25, 0.3) is 0 Å². The van der Waals surface area contributed by atoms with Crippen LogP contribution in [-0.2, 0) is 16.4 Å². The van der Waals surface area contributed by atoms with Crippen LogP contribution in [0.1, 0.15) is 12.0 Å². The Bertz CT molecular complexity index is 481. The summed E-state index contributed by atoms with van der Waals surface area (Å²) in [6, 6.07) is 5.12. The first-order chi connectivity index (χ1) is 8.46. The van der Waals surface area contributed by atoms with Gasteiger partial charge in [0.05, 0.1) is 26.1 Å². The number of benzene rings is 1. The number of sulfone groups is 1. The van der Waals surface area contributed by atoms with Crippen LogP contribution in [0.4, 0.5) is 0 Å². The molecule has 1 aromatic carbocycles. The first kappa shape index (κ1) is 14.8. The molecule has 0 fully saturated rings. The summed E-state index contributed by atoms with van der Waals surface area (Å²) in [7, 11) is -1.44. The number of aliphatic hydroxyl groups excluding tert-OH is 1. The third kappa shape index (κ3) is 4.93. The minimum Gasteiger partial charge on any atom is -0.493 e. The molecular formula is C12H18O5S. The standard InChI is InChI=1S/C12H18O5S/c1-16-12-8-10(9-13)4-5-11(12)17-6-3-7-18(2,14)15/h4-5,8,13H,3,6-7,9H2,1-2H3. The van der Waals surface area contributed by atoms with Gasteiger partial charge in [-0.1, -0.05) is 6.07 Å². The molecule has 6 heteroatoms. The van der Waals surface area contributed by atoms with Crippen molar-refractivity contribution in [1.82, 2.24) is 0 Å².